The number of likely N-dealkylation sites (tertiary alicyclic amines) is 1. The lowest BCUT2D eigenvalue weighted by Crippen LogP contribution is -2.54. The van der Waals surface area contributed by atoms with Crippen LogP contribution in [-0.4, -0.2) is 103 Å². The number of hydrogen-bond acceptors (Lipinski definition) is 8. The van der Waals surface area contributed by atoms with Gasteiger partial charge in [0.1, 0.15) is 6.04 Å². The van der Waals surface area contributed by atoms with Crippen LogP contribution in [0.4, 0.5) is 5.69 Å². The molecule has 5 rings (SSSR count). The smallest absolute Gasteiger partial charge is 0.264 e. The van der Waals surface area contributed by atoms with E-state index in [1.54, 1.807) is 12.1 Å². The first-order chi connectivity index (χ1) is 16.9. The standard InChI is InChI=1S/C25H34N6O4/c26-17-7-11-28(12-8-17)9-2-10-29-13-15-30(16-14-29)19-4-1-3-18-22(19)25(35)31(24(18)34)20-5-6-21(32)27-23(20)33/h1,3-4,17,20H,2,5-16,26H2,(H,27,32,33). The summed E-state index contributed by atoms with van der Waals surface area (Å²) in [5, 5.41) is 2.25. The van der Waals surface area contributed by atoms with Crippen LogP contribution in [0.15, 0.2) is 18.2 Å². The molecule has 188 valence electrons. The van der Waals surface area contributed by atoms with E-state index in [4.69, 9.17) is 5.73 Å². The second kappa shape index (κ2) is 10.0. The van der Waals surface area contributed by atoms with Crippen molar-refractivity contribution in [3.8, 4) is 0 Å². The normalized spacial score (nSPS) is 24.8. The van der Waals surface area contributed by atoms with Gasteiger partial charge in [0.2, 0.25) is 11.8 Å². The van der Waals surface area contributed by atoms with Crippen molar-refractivity contribution in [1.82, 2.24) is 20.0 Å². The zero-order valence-corrected chi connectivity index (χ0v) is 20.1. The molecule has 1 atom stereocenters. The summed E-state index contributed by atoms with van der Waals surface area (Å²) in [5.74, 6) is -1.86. The van der Waals surface area contributed by atoms with Gasteiger partial charge in [-0.25, -0.2) is 0 Å². The summed E-state index contributed by atoms with van der Waals surface area (Å²) in [6.45, 7) is 7.67. The molecule has 4 aliphatic rings. The van der Waals surface area contributed by atoms with E-state index < -0.39 is 23.8 Å². The Hall–Kier alpha value is -2.82. The number of anilines is 1. The zero-order chi connectivity index (χ0) is 24.5. The van der Waals surface area contributed by atoms with Crippen LogP contribution in [0.25, 0.3) is 0 Å². The molecule has 4 amide bonds. The number of piperidine rings is 2. The van der Waals surface area contributed by atoms with Crippen LogP contribution >= 0.6 is 0 Å². The van der Waals surface area contributed by atoms with Crippen molar-refractivity contribution < 1.29 is 19.2 Å². The Labute approximate surface area is 205 Å². The number of benzene rings is 1. The molecule has 3 saturated heterocycles. The van der Waals surface area contributed by atoms with Gasteiger partial charge < -0.3 is 15.5 Å². The molecule has 1 aromatic rings. The van der Waals surface area contributed by atoms with Gasteiger partial charge in [0, 0.05) is 38.6 Å². The lowest BCUT2D eigenvalue weighted by Gasteiger charge is -2.37. The third kappa shape index (κ3) is 4.82. The summed E-state index contributed by atoms with van der Waals surface area (Å²) >= 11 is 0. The Morgan fingerprint density at radius 1 is 0.857 bits per heavy atom. The van der Waals surface area contributed by atoms with E-state index in [-0.39, 0.29) is 18.7 Å². The maximum absolute atomic E-state index is 13.4. The molecule has 35 heavy (non-hydrogen) atoms. The van der Waals surface area contributed by atoms with Crippen molar-refractivity contribution in [3.05, 3.63) is 29.3 Å². The third-order valence-corrected chi connectivity index (χ3v) is 7.74. The topological polar surface area (TPSA) is 119 Å². The molecule has 3 fully saturated rings. The number of piperazine rings is 1. The first-order valence-corrected chi connectivity index (χ1v) is 12.7. The fourth-order valence-corrected chi connectivity index (χ4v) is 5.67. The second-order valence-corrected chi connectivity index (χ2v) is 10.0. The molecular formula is C25H34N6O4. The molecule has 0 saturated carbocycles. The minimum atomic E-state index is -0.944. The van der Waals surface area contributed by atoms with E-state index >= 15 is 0 Å². The quantitative estimate of drug-likeness (QED) is 0.545. The van der Waals surface area contributed by atoms with Gasteiger partial charge in [0.25, 0.3) is 11.8 Å². The van der Waals surface area contributed by atoms with Gasteiger partial charge >= 0.3 is 0 Å². The summed E-state index contributed by atoms with van der Waals surface area (Å²) in [6.07, 6.45) is 3.58. The molecule has 0 radical (unpaired) electrons. The molecule has 4 heterocycles. The monoisotopic (exact) mass is 482 g/mol. The number of imide groups is 2. The zero-order valence-electron chi connectivity index (χ0n) is 20.1. The highest BCUT2D eigenvalue weighted by Gasteiger charge is 2.46. The molecule has 1 aromatic carbocycles. The van der Waals surface area contributed by atoms with Crippen LogP contribution in [-0.2, 0) is 9.59 Å². The lowest BCUT2D eigenvalue weighted by atomic mass is 10.0. The number of amides is 4. The van der Waals surface area contributed by atoms with Gasteiger partial charge in [-0.3, -0.25) is 34.3 Å². The number of fused-ring (bicyclic) bond motifs is 1. The van der Waals surface area contributed by atoms with Crippen molar-refractivity contribution >= 4 is 29.3 Å². The fourth-order valence-electron chi connectivity index (χ4n) is 5.67. The summed E-state index contributed by atoms with van der Waals surface area (Å²) < 4.78 is 0. The van der Waals surface area contributed by atoms with Gasteiger partial charge in [0.15, 0.2) is 0 Å². The highest BCUT2D eigenvalue weighted by atomic mass is 16.2. The largest absolute Gasteiger partial charge is 0.368 e. The first-order valence-electron chi connectivity index (χ1n) is 12.7. The summed E-state index contributed by atoms with van der Waals surface area (Å²) in [4.78, 5) is 58.5. The Morgan fingerprint density at radius 2 is 1.54 bits per heavy atom. The van der Waals surface area contributed by atoms with Crippen LogP contribution in [0.2, 0.25) is 0 Å². The van der Waals surface area contributed by atoms with Crippen molar-refractivity contribution in [2.24, 2.45) is 5.73 Å². The van der Waals surface area contributed by atoms with E-state index in [2.05, 4.69) is 20.0 Å². The molecule has 4 aliphatic heterocycles. The first kappa shape index (κ1) is 23.9. The molecule has 0 aliphatic carbocycles. The maximum Gasteiger partial charge on any atom is 0.264 e. The molecule has 0 spiro atoms. The number of nitrogens with zero attached hydrogens (tertiary/aromatic N) is 4. The minimum Gasteiger partial charge on any atom is -0.368 e. The number of rotatable bonds is 6. The van der Waals surface area contributed by atoms with Crippen molar-refractivity contribution in [1.29, 1.82) is 0 Å². The SMILES string of the molecule is NC1CCN(CCCN2CCN(c3cccc4c3C(=O)N(C3CCC(=O)NC3=O)C4=O)CC2)CC1. The maximum atomic E-state index is 13.4. The summed E-state index contributed by atoms with van der Waals surface area (Å²) in [5.41, 5.74) is 7.46. The molecule has 10 nitrogen and oxygen atoms in total. The lowest BCUT2D eigenvalue weighted by molar-refractivity contribution is -0.136. The Kier molecular flexibility index (Phi) is 6.86. The highest BCUT2D eigenvalue weighted by molar-refractivity contribution is 6.25. The Balaban J connectivity index is 1.19. The van der Waals surface area contributed by atoms with E-state index in [1.165, 1.54) is 0 Å². The van der Waals surface area contributed by atoms with Crippen molar-refractivity contribution in [3.63, 3.8) is 0 Å². The number of nitrogens with one attached hydrogen (secondary N) is 1. The Morgan fingerprint density at radius 3 is 2.23 bits per heavy atom. The van der Waals surface area contributed by atoms with E-state index in [0.717, 1.165) is 82.2 Å². The van der Waals surface area contributed by atoms with Gasteiger partial charge in [-0.15, -0.1) is 0 Å². The Bertz CT molecular complexity index is 1010. The van der Waals surface area contributed by atoms with Crippen molar-refractivity contribution in [2.45, 2.75) is 44.2 Å². The summed E-state index contributed by atoms with van der Waals surface area (Å²) in [7, 11) is 0. The number of carbonyl (C=O) groups is 4. The van der Waals surface area contributed by atoms with E-state index in [0.29, 0.717) is 17.2 Å². The molecular weight excluding hydrogens is 448 g/mol. The highest BCUT2D eigenvalue weighted by Crippen LogP contribution is 2.34. The van der Waals surface area contributed by atoms with Crippen LogP contribution in [0, 0.1) is 0 Å². The van der Waals surface area contributed by atoms with Crippen LogP contribution < -0.4 is 16.0 Å². The van der Waals surface area contributed by atoms with Gasteiger partial charge in [-0.1, -0.05) is 6.07 Å². The minimum absolute atomic E-state index is 0.115. The molecule has 1 unspecified atom stereocenters. The molecule has 10 heteroatoms. The number of nitrogens with two attached hydrogens (primary N) is 1. The van der Waals surface area contributed by atoms with Gasteiger partial charge in [0.05, 0.1) is 16.8 Å². The fraction of sp³-hybridized carbons (Fsp3) is 0.600. The predicted molar refractivity (Wildman–Crippen MR) is 130 cm³/mol. The molecule has 0 bridgehead atoms. The van der Waals surface area contributed by atoms with Crippen LogP contribution in [0.1, 0.15) is 52.8 Å². The number of carbonyl (C=O) groups excluding carboxylic acids is 4. The van der Waals surface area contributed by atoms with Crippen molar-refractivity contribution in [2.75, 3.05) is 57.3 Å². The molecule has 3 N–H and O–H groups in total. The number of hydrogen-bond donors (Lipinski definition) is 2. The van der Waals surface area contributed by atoms with Gasteiger partial charge in [-0.2, -0.15) is 0 Å². The second-order valence-electron chi connectivity index (χ2n) is 10.0. The average molecular weight is 483 g/mol. The predicted octanol–water partition coefficient (Wildman–Crippen LogP) is 0.0230. The average Bonchev–Trinajstić information content (AvgIpc) is 3.11. The summed E-state index contributed by atoms with van der Waals surface area (Å²) in [6, 6.07) is 4.74. The van der Waals surface area contributed by atoms with Crippen LogP contribution in [0.5, 0.6) is 0 Å². The van der Waals surface area contributed by atoms with E-state index in [1.807, 2.05) is 6.07 Å². The van der Waals surface area contributed by atoms with E-state index in [9.17, 15) is 19.2 Å². The third-order valence-electron chi connectivity index (χ3n) is 7.74. The van der Waals surface area contributed by atoms with Gasteiger partial charge in [-0.05, 0) is 64.0 Å². The van der Waals surface area contributed by atoms with Crippen LogP contribution in [0.3, 0.4) is 0 Å². The molecule has 0 aromatic heterocycles.